The molecule has 0 radical (unpaired) electrons. The second-order valence-electron chi connectivity index (χ2n) is 5.31. The molecule has 0 rings (SSSR count). The molecule has 152 valence electrons. The minimum Gasteiger partial charge on any atom is -0.462 e. The normalized spacial score (nSPS) is 14.6. The molecule has 0 aromatic heterocycles. The fraction of sp³-hybridized carbons (Fsp3) is 0.625. The lowest BCUT2D eigenvalue weighted by atomic mass is 10.0. The zero-order chi connectivity index (χ0) is 21.1. The highest BCUT2D eigenvalue weighted by Crippen LogP contribution is 2.19. The Labute approximate surface area is 155 Å². The van der Waals surface area contributed by atoms with Gasteiger partial charge in [-0.3, -0.25) is 28.8 Å². The lowest BCUT2D eigenvalue weighted by Gasteiger charge is -2.33. The number of rotatable bonds is 10. The van der Waals surface area contributed by atoms with Gasteiger partial charge < -0.3 is 23.7 Å². The van der Waals surface area contributed by atoms with Crippen LogP contribution in [-0.4, -0.2) is 67.2 Å². The van der Waals surface area contributed by atoms with Crippen molar-refractivity contribution in [2.45, 2.75) is 59.0 Å². The fourth-order valence-electron chi connectivity index (χ4n) is 2.03. The number of hydrogen-bond acceptors (Lipinski definition) is 11. The molecule has 0 bridgehead atoms. The van der Waals surface area contributed by atoms with E-state index in [0.717, 1.165) is 34.6 Å². The van der Waals surface area contributed by atoms with E-state index in [1.165, 1.54) is 0 Å². The average Bonchev–Trinajstić information content (AvgIpc) is 2.51. The minimum absolute atomic E-state index is 0.155. The summed E-state index contributed by atoms with van der Waals surface area (Å²) < 4.78 is 24.6. The number of esters is 5. The molecule has 0 fully saturated rings. The van der Waals surface area contributed by atoms with Crippen LogP contribution in [0.4, 0.5) is 0 Å². The third-order valence-corrected chi connectivity index (χ3v) is 2.82. The molecule has 0 aromatic carbocycles. The maximum absolute atomic E-state index is 11.5. The summed E-state index contributed by atoms with van der Waals surface area (Å²) in [5, 5.41) is 0. The van der Waals surface area contributed by atoms with Gasteiger partial charge in [-0.1, -0.05) is 0 Å². The standard InChI is InChI=1S/C16H22O11/c1-8(18)23-7-14(25-10(3)20)16(27-12(5)22)15(26-11(4)21)13(6-17)24-9(2)19/h6,13-16H,7H2,1-5H3/t13-,14-,15-,16+/m0/s1. The lowest BCUT2D eigenvalue weighted by molar-refractivity contribution is -0.201. The minimum atomic E-state index is -1.67. The van der Waals surface area contributed by atoms with Gasteiger partial charge in [0.1, 0.15) is 6.61 Å². The van der Waals surface area contributed by atoms with Crippen LogP contribution >= 0.6 is 0 Å². The van der Waals surface area contributed by atoms with Crippen molar-refractivity contribution in [3.8, 4) is 0 Å². The molecule has 4 atom stereocenters. The molecule has 0 aliphatic carbocycles. The zero-order valence-corrected chi connectivity index (χ0v) is 15.6. The molecule has 11 nitrogen and oxygen atoms in total. The Hall–Kier alpha value is -2.98. The zero-order valence-electron chi connectivity index (χ0n) is 15.6. The molecule has 0 saturated heterocycles. The van der Waals surface area contributed by atoms with Crippen LogP contribution in [0.3, 0.4) is 0 Å². The van der Waals surface area contributed by atoms with Crippen LogP contribution in [0, 0.1) is 0 Å². The Balaban J connectivity index is 6.00. The van der Waals surface area contributed by atoms with E-state index in [1.54, 1.807) is 0 Å². The first-order valence-corrected chi connectivity index (χ1v) is 7.75. The van der Waals surface area contributed by atoms with Crippen molar-refractivity contribution in [1.29, 1.82) is 0 Å². The van der Waals surface area contributed by atoms with E-state index in [0.29, 0.717) is 0 Å². The number of carbonyl (C=O) groups excluding carboxylic acids is 6. The van der Waals surface area contributed by atoms with Crippen LogP contribution in [-0.2, 0) is 52.5 Å². The fourth-order valence-corrected chi connectivity index (χ4v) is 2.03. The van der Waals surface area contributed by atoms with E-state index in [2.05, 4.69) is 0 Å². The predicted octanol–water partition coefficient (Wildman–Crippen LogP) is -0.525. The number of carbonyl (C=O) groups is 6. The van der Waals surface area contributed by atoms with E-state index < -0.39 is 60.9 Å². The van der Waals surface area contributed by atoms with Crippen molar-refractivity contribution in [3.05, 3.63) is 0 Å². The van der Waals surface area contributed by atoms with Crippen LogP contribution in [0.2, 0.25) is 0 Å². The second-order valence-corrected chi connectivity index (χ2v) is 5.31. The van der Waals surface area contributed by atoms with Crippen LogP contribution in [0.1, 0.15) is 34.6 Å². The maximum Gasteiger partial charge on any atom is 0.303 e. The van der Waals surface area contributed by atoms with Gasteiger partial charge in [-0.2, -0.15) is 0 Å². The molecule has 0 amide bonds. The predicted molar refractivity (Wildman–Crippen MR) is 84.9 cm³/mol. The topological polar surface area (TPSA) is 149 Å². The summed E-state index contributed by atoms with van der Waals surface area (Å²) in [4.78, 5) is 68.0. The Bertz CT molecular complexity index is 583. The van der Waals surface area contributed by atoms with Gasteiger partial charge in [0, 0.05) is 34.6 Å². The van der Waals surface area contributed by atoms with Gasteiger partial charge in [-0.15, -0.1) is 0 Å². The Morgan fingerprint density at radius 3 is 1.48 bits per heavy atom. The molecule has 0 unspecified atom stereocenters. The first kappa shape index (κ1) is 24.0. The SMILES string of the molecule is CC(=O)OC[C@H](OC(C)=O)[C@@H](OC(C)=O)[C@@H](OC(C)=O)[C@H](C=O)OC(C)=O. The van der Waals surface area contributed by atoms with Crippen molar-refractivity contribution in [1.82, 2.24) is 0 Å². The van der Waals surface area contributed by atoms with Crippen molar-refractivity contribution >= 4 is 36.1 Å². The molecule has 0 aliphatic heterocycles. The Morgan fingerprint density at radius 1 is 0.667 bits per heavy atom. The van der Waals surface area contributed by atoms with Crippen molar-refractivity contribution < 1.29 is 52.5 Å². The first-order chi connectivity index (χ1) is 12.5. The third-order valence-electron chi connectivity index (χ3n) is 2.82. The molecule has 0 spiro atoms. The lowest BCUT2D eigenvalue weighted by Crippen LogP contribution is -2.53. The summed E-state index contributed by atoms with van der Waals surface area (Å²) in [6.07, 6.45) is -6.23. The van der Waals surface area contributed by atoms with Crippen LogP contribution in [0.25, 0.3) is 0 Å². The highest BCUT2D eigenvalue weighted by molar-refractivity contribution is 5.72. The van der Waals surface area contributed by atoms with E-state index in [9.17, 15) is 28.8 Å². The van der Waals surface area contributed by atoms with Gasteiger partial charge in [0.25, 0.3) is 0 Å². The summed E-state index contributed by atoms with van der Waals surface area (Å²) in [6, 6.07) is 0. The van der Waals surface area contributed by atoms with Crippen LogP contribution < -0.4 is 0 Å². The first-order valence-electron chi connectivity index (χ1n) is 7.75. The van der Waals surface area contributed by atoms with Gasteiger partial charge in [0.15, 0.2) is 30.7 Å². The quantitative estimate of drug-likeness (QED) is 0.269. The highest BCUT2D eigenvalue weighted by Gasteiger charge is 2.43. The summed E-state index contributed by atoms with van der Waals surface area (Å²) in [6.45, 7) is 4.56. The monoisotopic (exact) mass is 390 g/mol. The summed E-state index contributed by atoms with van der Waals surface area (Å²) in [5.41, 5.74) is 0. The van der Waals surface area contributed by atoms with Crippen molar-refractivity contribution in [2.24, 2.45) is 0 Å². The molecule has 0 aliphatic rings. The Kier molecular flexibility index (Phi) is 10.3. The molecule has 11 heteroatoms. The molecule has 27 heavy (non-hydrogen) atoms. The highest BCUT2D eigenvalue weighted by atomic mass is 16.6. The number of aldehydes is 1. The maximum atomic E-state index is 11.5. The van der Waals surface area contributed by atoms with Gasteiger partial charge in [-0.25, -0.2) is 0 Å². The Morgan fingerprint density at radius 2 is 1.11 bits per heavy atom. The largest absolute Gasteiger partial charge is 0.462 e. The van der Waals surface area contributed by atoms with Crippen LogP contribution in [0.5, 0.6) is 0 Å². The number of ether oxygens (including phenoxy) is 5. The molecular formula is C16H22O11. The summed E-state index contributed by atoms with van der Waals surface area (Å²) in [7, 11) is 0. The number of hydrogen-bond donors (Lipinski definition) is 0. The van der Waals surface area contributed by atoms with Gasteiger partial charge in [0.05, 0.1) is 0 Å². The molecule has 0 N–H and O–H groups in total. The van der Waals surface area contributed by atoms with E-state index >= 15 is 0 Å². The molecule has 0 heterocycles. The van der Waals surface area contributed by atoms with E-state index in [4.69, 9.17) is 23.7 Å². The molecule has 0 saturated carbocycles. The van der Waals surface area contributed by atoms with Gasteiger partial charge in [0.2, 0.25) is 0 Å². The average molecular weight is 390 g/mol. The third kappa shape index (κ3) is 9.92. The molecule has 0 aromatic rings. The second kappa shape index (κ2) is 11.6. The van der Waals surface area contributed by atoms with E-state index in [-0.39, 0.29) is 6.29 Å². The van der Waals surface area contributed by atoms with Crippen molar-refractivity contribution in [2.75, 3.05) is 6.61 Å². The van der Waals surface area contributed by atoms with Gasteiger partial charge in [-0.05, 0) is 0 Å². The van der Waals surface area contributed by atoms with Crippen LogP contribution in [0.15, 0.2) is 0 Å². The molecular weight excluding hydrogens is 368 g/mol. The smallest absolute Gasteiger partial charge is 0.303 e. The summed E-state index contributed by atoms with van der Waals surface area (Å²) in [5.74, 6) is -4.23. The van der Waals surface area contributed by atoms with Crippen molar-refractivity contribution in [3.63, 3.8) is 0 Å². The summed E-state index contributed by atoms with van der Waals surface area (Å²) >= 11 is 0. The van der Waals surface area contributed by atoms with E-state index in [1.807, 2.05) is 0 Å². The van der Waals surface area contributed by atoms with Gasteiger partial charge >= 0.3 is 29.8 Å².